The Morgan fingerprint density at radius 2 is 1.81 bits per heavy atom. The molecule has 136 valence electrons. The summed E-state index contributed by atoms with van der Waals surface area (Å²) in [5.74, 6) is -3.02. The van der Waals surface area contributed by atoms with Crippen LogP contribution >= 0.6 is 11.3 Å². The van der Waals surface area contributed by atoms with Gasteiger partial charge in [0.25, 0.3) is 0 Å². The number of aliphatic hydroxyl groups is 1. The highest BCUT2D eigenvalue weighted by Gasteiger charge is 2.48. The lowest BCUT2D eigenvalue weighted by molar-refractivity contribution is -0.141. The summed E-state index contributed by atoms with van der Waals surface area (Å²) in [6.07, 6.45) is 1.95. The third-order valence-corrected chi connectivity index (χ3v) is 6.14. The van der Waals surface area contributed by atoms with Crippen molar-refractivity contribution >= 4 is 32.6 Å². The van der Waals surface area contributed by atoms with Gasteiger partial charge in [-0.3, -0.25) is 9.97 Å². The molecule has 1 N–H and O–H groups in total. The third-order valence-electron chi connectivity index (χ3n) is 5.03. The molecule has 0 amide bonds. The van der Waals surface area contributed by atoms with Crippen LogP contribution in [0.15, 0.2) is 48.8 Å². The van der Waals surface area contributed by atoms with Gasteiger partial charge in [-0.1, -0.05) is 6.07 Å². The molecular formula is C20H15F2N3OS. The molecule has 0 unspecified atom stereocenters. The first-order valence-corrected chi connectivity index (χ1v) is 9.48. The molecule has 0 radical (unpaired) electrons. The number of benzene rings is 1. The SMILES string of the molecule is O[C@@H](c1cc2ccc(-c3ccc4nccnc4c3)nc2s1)C1CC(F)(F)C1. The van der Waals surface area contributed by atoms with Crippen molar-refractivity contribution in [3.8, 4) is 11.3 Å². The zero-order chi connectivity index (χ0) is 18.6. The van der Waals surface area contributed by atoms with E-state index in [1.807, 2.05) is 36.4 Å². The molecule has 1 aliphatic carbocycles. The second-order valence-electron chi connectivity index (χ2n) is 6.97. The van der Waals surface area contributed by atoms with Crippen LogP contribution in [0.2, 0.25) is 0 Å². The summed E-state index contributed by atoms with van der Waals surface area (Å²) in [5.41, 5.74) is 3.35. The van der Waals surface area contributed by atoms with Gasteiger partial charge in [0.1, 0.15) is 4.83 Å². The maximum Gasteiger partial charge on any atom is 0.248 e. The number of nitrogens with zero attached hydrogens (tertiary/aromatic N) is 3. The number of thiophene rings is 1. The molecule has 0 saturated heterocycles. The van der Waals surface area contributed by atoms with Crippen LogP contribution in [0.4, 0.5) is 8.78 Å². The monoisotopic (exact) mass is 383 g/mol. The van der Waals surface area contributed by atoms with E-state index in [2.05, 4.69) is 9.97 Å². The number of halogens is 2. The predicted octanol–water partition coefficient (Wildman–Crippen LogP) is 4.99. The first-order chi connectivity index (χ1) is 13.0. The van der Waals surface area contributed by atoms with Gasteiger partial charge in [0.2, 0.25) is 5.92 Å². The summed E-state index contributed by atoms with van der Waals surface area (Å²) >= 11 is 1.36. The standard InChI is InChI=1S/C20H15F2N3OS/c21-20(22)9-13(10-20)18(26)17-8-12-2-3-14(25-19(12)27-17)11-1-4-15-16(7-11)24-6-5-23-15/h1-8,13,18,26H,9-10H2/t18-/m1/s1. The van der Waals surface area contributed by atoms with Crippen molar-refractivity contribution < 1.29 is 13.9 Å². The fraction of sp³-hybridized carbons (Fsp3) is 0.250. The number of hydrogen-bond donors (Lipinski definition) is 1. The van der Waals surface area contributed by atoms with Gasteiger partial charge in [-0.15, -0.1) is 11.3 Å². The molecule has 1 aromatic carbocycles. The Kier molecular flexibility index (Phi) is 3.70. The first kappa shape index (κ1) is 16.6. The number of aliphatic hydroxyl groups excluding tert-OH is 1. The lowest BCUT2D eigenvalue weighted by Gasteiger charge is -2.37. The Bertz CT molecular complexity index is 1150. The van der Waals surface area contributed by atoms with Crippen LogP contribution in [0.3, 0.4) is 0 Å². The Morgan fingerprint density at radius 3 is 2.59 bits per heavy atom. The number of hydrogen-bond acceptors (Lipinski definition) is 5. The first-order valence-electron chi connectivity index (χ1n) is 8.66. The van der Waals surface area contributed by atoms with Crippen molar-refractivity contribution in [1.82, 2.24) is 15.0 Å². The molecule has 0 aliphatic heterocycles. The maximum absolute atomic E-state index is 13.1. The molecule has 1 aliphatic rings. The molecule has 27 heavy (non-hydrogen) atoms. The highest BCUT2D eigenvalue weighted by atomic mass is 32.1. The zero-order valence-corrected chi connectivity index (χ0v) is 15.0. The average molecular weight is 383 g/mol. The van der Waals surface area contributed by atoms with Crippen LogP contribution in [0, 0.1) is 5.92 Å². The molecule has 0 spiro atoms. The fourth-order valence-electron chi connectivity index (χ4n) is 3.53. The van der Waals surface area contributed by atoms with E-state index in [-0.39, 0.29) is 18.8 Å². The molecule has 3 heterocycles. The second kappa shape index (κ2) is 6.00. The van der Waals surface area contributed by atoms with E-state index in [4.69, 9.17) is 4.98 Å². The largest absolute Gasteiger partial charge is 0.387 e. The highest BCUT2D eigenvalue weighted by Crippen LogP contribution is 2.49. The summed E-state index contributed by atoms with van der Waals surface area (Å²) in [5, 5.41) is 11.3. The summed E-state index contributed by atoms with van der Waals surface area (Å²) in [7, 11) is 0. The molecule has 1 saturated carbocycles. The van der Waals surface area contributed by atoms with E-state index in [0.29, 0.717) is 4.88 Å². The van der Waals surface area contributed by atoms with Gasteiger partial charge in [-0.2, -0.15) is 0 Å². The minimum absolute atomic E-state index is 0.251. The topological polar surface area (TPSA) is 58.9 Å². The van der Waals surface area contributed by atoms with Gasteiger partial charge < -0.3 is 5.11 Å². The summed E-state index contributed by atoms with van der Waals surface area (Å²) in [6, 6.07) is 11.5. The van der Waals surface area contributed by atoms with E-state index in [9.17, 15) is 13.9 Å². The Hall–Kier alpha value is -2.51. The van der Waals surface area contributed by atoms with Gasteiger partial charge in [0, 0.05) is 47.0 Å². The van der Waals surface area contributed by atoms with Crippen LogP contribution in [0.1, 0.15) is 23.8 Å². The lowest BCUT2D eigenvalue weighted by atomic mass is 9.77. The van der Waals surface area contributed by atoms with Gasteiger partial charge in [-0.25, -0.2) is 13.8 Å². The quantitative estimate of drug-likeness (QED) is 0.542. The van der Waals surface area contributed by atoms with Crippen LogP contribution in [0.25, 0.3) is 32.5 Å². The van der Waals surface area contributed by atoms with E-state index in [1.54, 1.807) is 12.4 Å². The third kappa shape index (κ3) is 2.96. The van der Waals surface area contributed by atoms with Crippen LogP contribution in [-0.2, 0) is 0 Å². The summed E-state index contributed by atoms with van der Waals surface area (Å²) in [4.78, 5) is 14.8. The van der Waals surface area contributed by atoms with Gasteiger partial charge in [-0.05, 0) is 30.3 Å². The Balaban J connectivity index is 1.48. The van der Waals surface area contributed by atoms with Crippen molar-refractivity contribution in [3.63, 3.8) is 0 Å². The number of alkyl halides is 2. The van der Waals surface area contributed by atoms with Gasteiger partial charge in [0.15, 0.2) is 0 Å². The highest BCUT2D eigenvalue weighted by molar-refractivity contribution is 7.18. The van der Waals surface area contributed by atoms with Crippen LogP contribution in [-0.4, -0.2) is 26.0 Å². The molecule has 4 nitrogen and oxygen atoms in total. The minimum Gasteiger partial charge on any atom is -0.387 e. The van der Waals surface area contributed by atoms with Crippen molar-refractivity contribution in [3.05, 3.63) is 53.7 Å². The van der Waals surface area contributed by atoms with Crippen molar-refractivity contribution in [2.75, 3.05) is 0 Å². The van der Waals surface area contributed by atoms with Crippen LogP contribution < -0.4 is 0 Å². The fourth-order valence-corrected chi connectivity index (χ4v) is 4.64. The molecule has 1 fully saturated rings. The number of fused-ring (bicyclic) bond motifs is 2. The Labute approximate surface area is 157 Å². The number of aromatic nitrogens is 3. The molecule has 5 rings (SSSR count). The lowest BCUT2D eigenvalue weighted by Crippen LogP contribution is -2.38. The normalized spacial score (nSPS) is 17.9. The average Bonchev–Trinajstić information content (AvgIpc) is 3.08. The van der Waals surface area contributed by atoms with E-state index in [0.717, 1.165) is 32.5 Å². The van der Waals surface area contributed by atoms with Crippen molar-refractivity contribution in [2.24, 2.45) is 5.92 Å². The smallest absolute Gasteiger partial charge is 0.248 e. The number of pyridine rings is 1. The second-order valence-corrected chi connectivity index (χ2v) is 8.03. The van der Waals surface area contributed by atoms with E-state index in [1.165, 1.54) is 11.3 Å². The van der Waals surface area contributed by atoms with Crippen molar-refractivity contribution in [2.45, 2.75) is 24.9 Å². The number of rotatable bonds is 3. The Morgan fingerprint density at radius 1 is 1.04 bits per heavy atom. The van der Waals surface area contributed by atoms with E-state index < -0.39 is 12.0 Å². The van der Waals surface area contributed by atoms with E-state index >= 15 is 0 Å². The molecule has 4 aromatic rings. The van der Waals surface area contributed by atoms with Gasteiger partial charge in [0.05, 0.1) is 22.8 Å². The minimum atomic E-state index is -2.63. The molecule has 3 aromatic heterocycles. The zero-order valence-electron chi connectivity index (χ0n) is 14.1. The molecule has 7 heteroatoms. The predicted molar refractivity (Wildman–Crippen MR) is 101 cm³/mol. The van der Waals surface area contributed by atoms with Crippen LogP contribution in [0.5, 0.6) is 0 Å². The molecular weight excluding hydrogens is 368 g/mol. The van der Waals surface area contributed by atoms with Gasteiger partial charge >= 0.3 is 0 Å². The molecule has 0 bridgehead atoms. The molecule has 1 atom stereocenters. The summed E-state index contributed by atoms with van der Waals surface area (Å²) in [6.45, 7) is 0. The summed E-state index contributed by atoms with van der Waals surface area (Å²) < 4.78 is 26.2. The van der Waals surface area contributed by atoms with Crippen molar-refractivity contribution in [1.29, 1.82) is 0 Å². The maximum atomic E-state index is 13.1.